The molecular weight excluding hydrogens is 362 g/mol. The van der Waals surface area contributed by atoms with Crippen molar-refractivity contribution < 1.29 is 9.59 Å². The molecule has 5 nitrogen and oxygen atoms in total. The van der Waals surface area contributed by atoms with Crippen LogP contribution in [0.15, 0.2) is 30.3 Å². The van der Waals surface area contributed by atoms with Crippen LogP contribution in [0, 0.1) is 5.92 Å². The summed E-state index contributed by atoms with van der Waals surface area (Å²) >= 11 is 0. The van der Waals surface area contributed by atoms with Crippen LogP contribution in [-0.4, -0.2) is 48.9 Å². The number of halogens is 1. The molecule has 2 amide bonds. The first-order chi connectivity index (χ1) is 12.5. The van der Waals surface area contributed by atoms with E-state index in [2.05, 4.69) is 10.6 Å². The molecule has 2 atom stereocenters. The van der Waals surface area contributed by atoms with Crippen molar-refractivity contribution in [2.75, 3.05) is 26.2 Å². The van der Waals surface area contributed by atoms with Crippen LogP contribution in [0.4, 0.5) is 0 Å². The van der Waals surface area contributed by atoms with Gasteiger partial charge in [-0.05, 0) is 57.6 Å². The second-order valence-corrected chi connectivity index (χ2v) is 8.14. The van der Waals surface area contributed by atoms with E-state index in [0.29, 0.717) is 12.5 Å². The normalized spacial score (nSPS) is 22.8. The molecule has 1 aromatic rings. The van der Waals surface area contributed by atoms with Crippen LogP contribution in [0.25, 0.3) is 0 Å². The maximum atomic E-state index is 13.1. The highest BCUT2D eigenvalue weighted by Gasteiger charge is 2.36. The number of rotatable bonds is 5. The lowest BCUT2D eigenvalue weighted by atomic mass is 9.82. The van der Waals surface area contributed by atoms with Gasteiger partial charge in [0.05, 0.1) is 11.5 Å². The van der Waals surface area contributed by atoms with Gasteiger partial charge in [0.25, 0.3) is 0 Å². The van der Waals surface area contributed by atoms with E-state index in [1.54, 1.807) is 0 Å². The van der Waals surface area contributed by atoms with E-state index >= 15 is 0 Å². The molecule has 2 fully saturated rings. The van der Waals surface area contributed by atoms with Gasteiger partial charge in [-0.2, -0.15) is 0 Å². The maximum absolute atomic E-state index is 13.1. The zero-order valence-electron chi connectivity index (χ0n) is 16.4. The van der Waals surface area contributed by atoms with Crippen molar-refractivity contribution >= 4 is 24.2 Å². The Morgan fingerprint density at radius 2 is 1.93 bits per heavy atom. The molecule has 1 aromatic carbocycles. The predicted molar refractivity (Wildman–Crippen MR) is 110 cm³/mol. The molecule has 2 saturated heterocycles. The Kier molecular flexibility index (Phi) is 7.68. The van der Waals surface area contributed by atoms with Crippen LogP contribution in [0.1, 0.15) is 45.1 Å². The van der Waals surface area contributed by atoms with Gasteiger partial charge in [-0.25, -0.2) is 0 Å². The van der Waals surface area contributed by atoms with Crippen LogP contribution >= 0.6 is 12.4 Å². The van der Waals surface area contributed by atoms with E-state index in [0.717, 1.165) is 50.9 Å². The third-order valence-corrected chi connectivity index (χ3v) is 5.78. The number of amides is 2. The number of carbonyl (C=O) groups is 2. The zero-order chi connectivity index (χ0) is 18.6. The number of nitrogens with zero attached hydrogens (tertiary/aromatic N) is 1. The average Bonchev–Trinajstić information content (AvgIpc) is 3.21. The molecule has 2 aliphatic heterocycles. The van der Waals surface area contributed by atoms with Crippen molar-refractivity contribution in [3.63, 3.8) is 0 Å². The quantitative estimate of drug-likeness (QED) is 0.807. The summed E-state index contributed by atoms with van der Waals surface area (Å²) < 4.78 is 0. The number of nitrogens with one attached hydrogen (secondary N) is 2. The third-order valence-electron chi connectivity index (χ3n) is 5.78. The zero-order valence-corrected chi connectivity index (χ0v) is 17.2. The molecule has 2 N–H and O–H groups in total. The van der Waals surface area contributed by atoms with Crippen molar-refractivity contribution in [2.45, 2.75) is 51.0 Å². The summed E-state index contributed by atoms with van der Waals surface area (Å²) in [6, 6.07) is 9.95. The Morgan fingerprint density at radius 3 is 2.59 bits per heavy atom. The molecule has 150 valence electrons. The topological polar surface area (TPSA) is 61.4 Å². The second kappa shape index (κ2) is 9.56. The molecule has 0 aromatic heterocycles. The van der Waals surface area contributed by atoms with Gasteiger partial charge in [-0.1, -0.05) is 30.3 Å². The number of carbonyl (C=O) groups excluding carboxylic acids is 2. The van der Waals surface area contributed by atoms with Gasteiger partial charge in [-0.3, -0.25) is 9.59 Å². The summed E-state index contributed by atoms with van der Waals surface area (Å²) in [5.41, 5.74) is 0.521. The number of hydrogen-bond acceptors (Lipinski definition) is 3. The molecule has 0 spiro atoms. The molecule has 3 rings (SSSR count). The number of piperidine rings is 1. The van der Waals surface area contributed by atoms with Crippen LogP contribution in [0.5, 0.6) is 0 Å². The first-order valence-electron chi connectivity index (χ1n) is 9.84. The van der Waals surface area contributed by atoms with Crippen molar-refractivity contribution in [3.8, 4) is 0 Å². The molecular formula is C21H32ClN3O2. The molecule has 2 unspecified atom stereocenters. The van der Waals surface area contributed by atoms with Crippen LogP contribution in [0.3, 0.4) is 0 Å². The highest BCUT2D eigenvalue weighted by Crippen LogP contribution is 2.28. The number of hydrogen-bond donors (Lipinski definition) is 2. The fraction of sp³-hybridized carbons (Fsp3) is 0.619. The minimum Gasteiger partial charge on any atom is -0.354 e. The van der Waals surface area contributed by atoms with Crippen molar-refractivity contribution in [1.29, 1.82) is 0 Å². The predicted octanol–water partition coefficient (Wildman–Crippen LogP) is 2.49. The first-order valence-corrected chi connectivity index (χ1v) is 9.84. The Morgan fingerprint density at radius 1 is 1.19 bits per heavy atom. The Hall–Kier alpha value is -1.59. The smallest absolute Gasteiger partial charge is 0.237 e. The first kappa shape index (κ1) is 21.7. The van der Waals surface area contributed by atoms with Crippen molar-refractivity contribution in [3.05, 3.63) is 35.9 Å². The number of likely N-dealkylation sites (tertiary alicyclic amines) is 1. The summed E-state index contributed by atoms with van der Waals surface area (Å²) in [7, 11) is 0. The Balaban J connectivity index is 0.00000261. The fourth-order valence-corrected chi connectivity index (χ4v) is 4.07. The lowest BCUT2D eigenvalue weighted by Crippen LogP contribution is -2.50. The third kappa shape index (κ3) is 5.23. The molecule has 2 aliphatic rings. The Bertz CT molecular complexity index is 630. The van der Waals surface area contributed by atoms with Gasteiger partial charge < -0.3 is 15.5 Å². The summed E-state index contributed by atoms with van der Waals surface area (Å²) in [6.45, 7) is 7.13. The number of benzene rings is 1. The minimum atomic E-state index is -0.528. The molecule has 0 aliphatic carbocycles. The largest absolute Gasteiger partial charge is 0.354 e. The van der Waals surface area contributed by atoms with Gasteiger partial charge in [0.2, 0.25) is 11.8 Å². The highest BCUT2D eigenvalue weighted by atomic mass is 35.5. The van der Waals surface area contributed by atoms with Crippen LogP contribution < -0.4 is 10.6 Å². The van der Waals surface area contributed by atoms with Gasteiger partial charge in [0.1, 0.15) is 0 Å². The summed E-state index contributed by atoms with van der Waals surface area (Å²) in [4.78, 5) is 27.3. The summed E-state index contributed by atoms with van der Waals surface area (Å²) in [5.74, 6) is 0.623. The monoisotopic (exact) mass is 393 g/mol. The van der Waals surface area contributed by atoms with Gasteiger partial charge >= 0.3 is 0 Å². The van der Waals surface area contributed by atoms with Crippen molar-refractivity contribution in [2.24, 2.45) is 5.92 Å². The lowest BCUT2D eigenvalue weighted by molar-refractivity contribution is -0.138. The van der Waals surface area contributed by atoms with Crippen LogP contribution in [-0.2, 0) is 15.0 Å². The maximum Gasteiger partial charge on any atom is 0.237 e. The van der Waals surface area contributed by atoms with E-state index in [1.807, 2.05) is 49.1 Å². The van der Waals surface area contributed by atoms with Gasteiger partial charge in [0, 0.05) is 19.6 Å². The lowest BCUT2D eigenvalue weighted by Gasteiger charge is -2.38. The fourth-order valence-electron chi connectivity index (χ4n) is 4.07. The van der Waals surface area contributed by atoms with Gasteiger partial charge in [0.15, 0.2) is 0 Å². The van der Waals surface area contributed by atoms with E-state index < -0.39 is 5.41 Å². The highest BCUT2D eigenvalue weighted by molar-refractivity contribution is 5.87. The van der Waals surface area contributed by atoms with E-state index in [-0.39, 0.29) is 30.3 Å². The van der Waals surface area contributed by atoms with Gasteiger partial charge in [-0.15, -0.1) is 12.4 Å². The Labute approximate surface area is 168 Å². The molecule has 0 radical (unpaired) electrons. The molecule has 27 heavy (non-hydrogen) atoms. The molecule has 0 bridgehead atoms. The summed E-state index contributed by atoms with van der Waals surface area (Å²) in [6.07, 6.45) is 4.05. The minimum absolute atomic E-state index is 0. The average molecular weight is 394 g/mol. The molecule has 2 heterocycles. The SMILES string of the molecule is CC(C)(C(=O)N1CCCC(CNC(=O)C2CCCN2)C1)c1ccccc1.Cl. The van der Waals surface area contributed by atoms with E-state index in [9.17, 15) is 9.59 Å². The van der Waals surface area contributed by atoms with E-state index in [1.165, 1.54) is 0 Å². The molecule has 0 saturated carbocycles. The summed E-state index contributed by atoms with van der Waals surface area (Å²) in [5, 5.41) is 6.32. The molecule has 6 heteroatoms. The standard InChI is InChI=1S/C21H31N3O2.ClH/c1-21(2,17-9-4-3-5-10-17)20(26)24-13-7-8-16(15-24)14-23-19(25)18-11-6-12-22-18;/h3-5,9-10,16,18,22H,6-8,11-15H2,1-2H3,(H,23,25);1H. The second-order valence-electron chi connectivity index (χ2n) is 8.14. The van der Waals surface area contributed by atoms with E-state index in [4.69, 9.17) is 0 Å². The van der Waals surface area contributed by atoms with Crippen molar-refractivity contribution in [1.82, 2.24) is 15.5 Å². The van der Waals surface area contributed by atoms with Crippen LogP contribution in [0.2, 0.25) is 0 Å².